The number of nitrogens with two attached hydrogens (primary N) is 1. The average molecular weight is 803 g/mol. The van der Waals surface area contributed by atoms with Gasteiger partial charge in [-0.1, -0.05) is 38.1 Å². The fraction of sp³-hybridized carbons (Fsp3) is 0.472. The smallest absolute Gasteiger partial charge is 0.313 e. The summed E-state index contributed by atoms with van der Waals surface area (Å²) in [5, 5.41) is 7.24. The van der Waals surface area contributed by atoms with Crippen LogP contribution in [0.25, 0.3) is 0 Å². The Bertz CT molecular complexity index is 1720. The van der Waals surface area contributed by atoms with Gasteiger partial charge in [0.15, 0.2) is 5.78 Å². The van der Waals surface area contributed by atoms with Gasteiger partial charge in [0.2, 0.25) is 58.5 Å². The summed E-state index contributed by atoms with van der Waals surface area (Å²) >= 11 is 0. The number of hydrogen-bond donors (Lipinski definition) is 4. The van der Waals surface area contributed by atoms with Gasteiger partial charge in [0.1, 0.15) is 18.7 Å². The highest BCUT2D eigenvalue weighted by Crippen LogP contribution is 2.29. The van der Waals surface area contributed by atoms with E-state index in [1.165, 1.54) is 13.8 Å². The number of primary amides is 1. The van der Waals surface area contributed by atoms with Crippen molar-refractivity contribution in [3.8, 4) is 5.75 Å². The van der Waals surface area contributed by atoms with Crippen LogP contribution >= 0.6 is 0 Å². The lowest BCUT2D eigenvalue weighted by molar-refractivity contribution is -0.148. The molecule has 3 atom stereocenters. The molecule has 0 bridgehead atoms. The number of ether oxygens (including phenoxy) is 4. The molecule has 0 saturated carbocycles. The molecule has 0 radical (unpaired) electrons. The van der Waals surface area contributed by atoms with Crippen LogP contribution in [0.2, 0.25) is 0 Å². The van der Waals surface area contributed by atoms with Crippen molar-refractivity contribution in [1.29, 1.82) is 0 Å². The summed E-state index contributed by atoms with van der Waals surface area (Å²) in [7, 11) is 0. The largest absolute Gasteiger partial charge is 0.461 e. The first kappa shape index (κ1) is 46.7. The van der Waals surface area contributed by atoms with Crippen LogP contribution in [0, 0.1) is 35.0 Å². The maximum atomic E-state index is 13.6. The second-order valence-corrected chi connectivity index (χ2v) is 12.6. The molecule has 0 saturated heterocycles. The lowest BCUT2D eigenvalue weighted by Crippen LogP contribution is -2.54. The number of amides is 4. The first-order valence-electron chi connectivity index (χ1n) is 17.1. The normalized spacial score (nSPS) is 12.6. The molecule has 15 nitrogen and oxygen atoms in total. The molecular formula is C36H43F5N4O11. The fourth-order valence-corrected chi connectivity index (χ4v) is 4.41. The van der Waals surface area contributed by atoms with Gasteiger partial charge < -0.3 is 40.6 Å². The summed E-state index contributed by atoms with van der Waals surface area (Å²) < 4.78 is 86.5. The number of rotatable bonds is 23. The SMILES string of the molecule is CC(C)C(=O)OCc1ccc(CC(=O)[C@H](CC(N)=O)NC(=O)[C@H](C)NC(=O)[C@H](C)NC(=O)CCOCCOCCC(=O)Oc2c(F)c(F)c(F)c(F)c2F)cc1. The predicted octanol–water partition coefficient (Wildman–Crippen LogP) is 1.98. The van der Waals surface area contributed by atoms with Crippen molar-refractivity contribution in [1.82, 2.24) is 16.0 Å². The minimum atomic E-state index is -2.40. The standard InChI is InChI=1S/C36H43F5N4O11/c1-18(2)36(52)55-17-22-7-5-21(6-8-22)15-24(46)23(16-25(42)47)45-35(51)20(4)44-34(50)19(3)43-26(48)9-11-53-13-14-54-12-10-27(49)56-33-31(40)29(38)28(37)30(39)32(33)41/h5-8,18-20,23H,9-17H2,1-4H3,(H2,42,47)(H,43,48)(H,44,50)(H,45,51)/t19-,20-,23-/m0/s1. The Labute approximate surface area is 318 Å². The van der Waals surface area contributed by atoms with E-state index in [4.69, 9.17) is 19.9 Å². The highest BCUT2D eigenvalue weighted by atomic mass is 19.2. The molecule has 0 aliphatic rings. The Hall–Kier alpha value is -5.50. The van der Waals surface area contributed by atoms with Gasteiger partial charge in [-0.05, 0) is 25.0 Å². The van der Waals surface area contributed by atoms with Crippen LogP contribution in [0.15, 0.2) is 24.3 Å². The van der Waals surface area contributed by atoms with Crippen LogP contribution in [0.5, 0.6) is 5.75 Å². The lowest BCUT2D eigenvalue weighted by atomic mass is 10.00. The zero-order valence-electron chi connectivity index (χ0n) is 30.9. The average Bonchev–Trinajstić information content (AvgIpc) is 3.14. The van der Waals surface area contributed by atoms with E-state index in [2.05, 4.69) is 20.7 Å². The van der Waals surface area contributed by atoms with Gasteiger partial charge in [0, 0.05) is 12.8 Å². The minimum Gasteiger partial charge on any atom is -0.461 e. The van der Waals surface area contributed by atoms with E-state index in [1.807, 2.05) is 0 Å². The molecule has 0 aromatic heterocycles. The molecule has 2 aromatic rings. The number of benzene rings is 2. The van der Waals surface area contributed by atoms with E-state index in [0.29, 0.717) is 11.1 Å². The van der Waals surface area contributed by atoms with Crippen molar-refractivity contribution in [2.24, 2.45) is 11.7 Å². The third-order valence-corrected chi connectivity index (χ3v) is 7.57. The Morgan fingerprint density at radius 2 is 1.16 bits per heavy atom. The van der Waals surface area contributed by atoms with E-state index in [1.54, 1.807) is 38.1 Å². The van der Waals surface area contributed by atoms with Crippen molar-refractivity contribution < 1.29 is 74.5 Å². The Balaban J connectivity index is 1.70. The molecule has 0 aliphatic heterocycles. The van der Waals surface area contributed by atoms with E-state index in [0.717, 1.165) is 0 Å². The monoisotopic (exact) mass is 802 g/mol. The minimum absolute atomic E-state index is 0.0497. The highest BCUT2D eigenvalue weighted by molar-refractivity contribution is 5.96. The molecule has 0 aliphatic carbocycles. The molecule has 0 unspecified atom stereocenters. The van der Waals surface area contributed by atoms with Crippen molar-refractivity contribution in [2.75, 3.05) is 26.4 Å². The van der Waals surface area contributed by atoms with Gasteiger partial charge in [-0.15, -0.1) is 0 Å². The van der Waals surface area contributed by atoms with Gasteiger partial charge in [-0.25, -0.2) is 13.2 Å². The van der Waals surface area contributed by atoms with Crippen LogP contribution in [0.4, 0.5) is 22.0 Å². The van der Waals surface area contributed by atoms with Crippen molar-refractivity contribution in [2.45, 2.75) is 78.1 Å². The Kier molecular flexibility index (Phi) is 19.0. The van der Waals surface area contributed by atoms with E-state index < -0.39 is 101 Å². The van der Waals surface area contributed by atoms with Crippen LogP contribution in [0.3, 0.4) is 0 Å². The number of hydrogen-bond acceptors (Lipinski definition) is 11. The maximum absolute atomic E-state index is 13.6. The van der Waals surface area contributed by atoms with Crippen molar-refractivity contribution >= 4 is 41.4 Å². The number of nitrogens with one attached hydrogen (secondary N) is 3. The number of carbonyl (C=O) groups is 7. The summed E-state index contributed by atoms with van der Waals surface area (Å²) in [6, 6.07) is 3.01. The third kappa shape index (κ3) is 15.3. The lowest BCUT2D eigenvalue weighted by Gasteiger charge is -2.21. The first-order chi connectivity index (χ1) is 26.3. The molecule has 0 heterocycles. The summed E-state index contributed by atoms with van der Waals surface area (Å²) in [4.78, 5) is 85.9. The number of ketones is 1. The Morgan fingerprint density at radius 1 is 0.661 bits per heavy atom. The van der Waals surface area contributed by atoms with Crippen LogP contribution in [-0.4, -0.2) is 85.9 Å². The first-order valence-corrected chi connectivity index (χ1v) is 17.1. The van der Waals surface area contributed by atoms with Gasteiger partial charge in [0.25, 0.3) is 0 Å². The van der Waals surface area contributed by atoms with Crippen molar-refractivity contribution in [3.63, 3.8) is 0 Å². The molecule has 5 N–H and O–H groups in total. The molecule has 20 heteroatoms. The zero-order chi connectivity index (χ0) is 42.1. The third-order valence-electron chi connectivity index (χ3n) is 7.57. The summed E-state index contributed by atoms with van der Waals surface area (Å²) in [6.07, 6.45) is -1.47. The van der Waals surface area contributed by atoms with Crippen LogP contribution in [0.1, 0.15) is 58.1 Å². The zero-order valence-corrected chi connectivity index (χ0v) is 30.9. The number of halogens is 5. The number of esters is 2. The molecule has 4 amide bonds. The highest BCUT2D eigenvalue weighted by Gasteiger charge is 2.29. The van der Waals surface area contributed by atoms with Gasteiger partial charge in [-0.2, -0.15) is 8.78 Å². The second-order valence-electron chi connectivity index (χ2n) is 12.6. The van der Waals surface area contributed by atoms with Crippen LogP contribution in [-0.2, 0) is 60.8 Å². The molecule has 2 aromatic carbocycles. The van der Waals surface area contributed by atoms with E-state index in [-0.39, 0.29) is 57.8 Å². The fourth-order valence-electron chi connectivity index (χ4n) is 4.41. The Morgan fingerprint density at radius 3 is 1.71 bits per heavy atom. The van der Waals surface area contributed by atoms with E-state index >= 15 is 0 Å². The van der Waals surface area contributed by atoms with Gasteiger partial charge in [-0.3, -0.25) is 33.6 Å². The summed E-state index contributed by atoms with van der Waals surface area (Å²) in [6.45, 7) is 5.45. The second kappa shape index (κ2) is 22.8. The molecule has 308 valence electrons. The van der Waals surface area contributed by atoms with Crippen molar-refractivity contribution in [3.05, 3.63) is 64.5 Å². The molecule has 56 heavy (non-hydrogen) atoms. The van der Waals surface area contributed by atoms with E-state index in [9.17, 15) is 55.5 Å². The summed E-state index contributed by atoms with van der Waals surface area (Å²) in [5.41, 5.74) is 6.54. The summed E-state index contributed by atoms with van der Waals surface area (Å²) in [5.74, 6) is -18.8. The van der Waals surface area contributed by atoms with Gasteiger partial charge in [0.05, 0.1) is 51.2 Å². The predicted molar refractivity (Wildman–Crippen MR) is 183 cm³/mol. The number of Topliss-reactive ketones (excluding diaryl/α,β-unsaturated/α-hetero) is 1. The molecule has 0 spiro atoms. The molecular weight excluding hydrogens is 759 g/mol. The molecule has 0 fully saturated rings. The topological polar surface area (TPSA) is 219 Å². The van der Waals surface area contributed by atoms with Crippen LogP contribution < -0.4 is 26.4 Å². The molecule has 2 rings (SSSR count). The number of carbonyl (C=O) groups excluding carboxylic acids is 7. The quantitative estimate of drug-likeness (QED) is 0.0318. The maximum Gasteiger partial charge on any atom is 0.313 e. The van der Waals surface area contributed by atoms with Gasteiger partial charge >= 0.3 is 11.9 Å².